The van der Waals surface area contributed by atoms with Crippen LogP contribution in [0.25, 0.3) is 0 Å². The molecule has 2 amide bonds. The molecule has 0 aromatic heterocycles. The van der Waals surface area contributed by atoms with Gasteiger partial charge in [0.05, 0.1) is 10.9 Å². The minimum Gasteiger partial charge on any atom is -0.352 e. The van der Waals surface area contributed by atoms with E-state index in [0.29, 0.717) is 0 Å². The van der Waals surface area contributed by atoms with Crippen LogP contribution in [0.1, 0.15) is 49.0 Å². The fourth-order valence-corrected chi connectivity index (χ4v) is 4.89. The van der Waals surface area contributed by atoms with Crippen LogP contribution in [0.3, 0.4) is 0 Å². The number of thioether (sulfide) groups is 1. The van der Waals surface area contributed by atoms with Gasteiger partial charge in [0.25, 0.3) is 5.91 Å². The van der Waals surface area contributed by atoms with Gasteiger partial charge in [-0.1, -0.05) is 24.6 Å². The maximum atomic E-state index is 12.7. The molecule has 2 aliphatic heterocycles. The van der Waals surface area contributed by atoms with Crippen molar-refractivity contribution in [1.29, 1.82) is 0 Å². The number of nitrogens with one attached hydrogen (secondary N) is 2. The molecule has 1 aromatic rings. The zero-order valence-electron chi connectivity index (χ0n) is 15.9. The fourth-order valence-electron chi connectivity index (χ4n) is 3.47. The van der Waals surface area contributed by atoms with E-state index in [4.69, 9.17) is 0 Å². The molecule has 5 nitrogen and oxygen atoms in total. The maximum absolute atomic E-state index is 12.7. The standard InChI is InChI=1S/C20H29N3O2S/c1-4-15(3)21-18(24)17-13-26-20(22-17)9-11-23(12-10-20)19(25)16-7-5-14(2)6-8-16/h5-8,15,17,22H,4,9-13H2,1-3H3,(H,21,24)/t15-,17+/m1/s1. The summed E-state index contributed by atoms with van der Waals surface area (Å²) in [5.41, 5.74) is 1.91. The van der Waals surface area contributed by atoms with Crippen molar-refractivity contribution in [2.75, 3.05) is 18.8 Å². The molecule has 2 N–H and O–H groups in total. The summed E-state index contributed by atoms with van der Waals surface area (Å²) in [4.78, 5) is 26.9. The molecule has 0 radical (unpaired) electrons. The number of piperidine rings is 1. The summed E-state index contributed by atoms with van der Waals surface area (Å²) in [7, 11) is 0. The monoisotopic (exact) mass is 375 g/mol. The molecule has 0 bridgehead atoms. The molecule has 0 unspecified atom stereocenters. The van der Waals surface area contributed by atoms with Crippen LogP contribution in [0.15, 0.2) is 24.3 Å². The topological polar surface area (TPSA) is 61.4 Å². The van der Waals surface area contributed by atoms with Gasteiger partial charge in [-0.25, -0.2) is 0 Å². The Kier molecular flexibility index (Phi) is 5.92. The third kappa shape index (κ3) is 4.23. The van der Waals surface area contributed by atoms with Crippen molar-refractivity contribution in [3.8, 4) is 0 Å². The van der Waals surface area contributed by atoms with Crippen LogP contribution >= 0.6 is 11.8 Å². The number of hydrogen-bond acceptors (Lipinski definition) is 4. The van der Waals surface area contributed by atoms with Crippen LogP contribution < -0.4 is 10.6 Å². The maximum Gasteiger partial charge on any atom is 0.253 e. The van der Waals surface area contributed by atoms with Crippen LogP contribution in [0.5, 0.6) is 0 Å². The molecule has 2 fully saturated rings. The predicted octanol–water partition coefficient (Wildman–Crippen LogP) is 2.55. The Morgan fingerprint density at radius 3 is 2.58 bits per heavy atom. The van der Waals surface area contributed by atoms with Crippen molar-refractivity contribution < 1.29 is 9.59 Å². The molecule has 26 heavy (non-hydrogen) atoms. The number of aryl methyl sites for hydroxylation is 1. The van der Waals surface area contributed by atoms with Crippen molar-refractivity contribution in [3.05, 3.63) is 35.4 Å². The second kappa shape index (κ2) is 8.01. The van der Waals surface area contributed by atoms with E-state index in [0.717, 1.165) is 49.2 Å². The molecule has 0 aliphatic carbocycles. The number of carbonyl (C=O) groups excluding carboxylic acids is 2. The molecule has 0 saturated carbocycles. The van der Waals surface area contributed by atoms with Crippen molar-refractivity contribution in [2.45, 2.75) is 57.0 Å². The van der Waals surface area contributed by atoms with E-state index in [1.165, 1.54) is 0 Å². The summed E-state index contributed by atoms with van der Waals surface area (Å²) < 4.78 is 0. The number of nitrogens with zero attached hydrogens (tertiary/aromatic N) is 1. The Morgan fingerprint density at radius 1 is 1.31 bits per heavy atom. The molecule has 2 aliphatic rings. The quantitative estimate of drug-likeness (QED) is 0.849. The van der Waals surface area contributed by atoms with Gasteiger partial charge in [-0.2, -0.15) is 0 Å². The van der Waals surface area contributed by atoms with Crippen LogP contribution in [-0.2, 0) is 4.79 Å². The van der Waals surface area contributed by atoms with E-state index in [-0.39, 0.29) is 28.8 Å². The van der Waals surface area contributed by atoms with Crippen LogP contribution in [0.2, 0.25) is 0 Å². The normalized spacial score (nSPS) is 23.0. The summed E-state index contributed by atoms with van der Waals surface area (Å²) in [6, 6.07) is 7.84. The van der Waals surface area contributed by atoms with E-state index >= 15 is 0 Å². The number of carbonyl (C=O) groups is 2. The van der Waals surface area contributed by atoms with Gasteiger partial charge in [0, 0.05) is 30.4 Å². The average molecular weight is 376 g/mol. The van der Waals surface area contributed by atoms with Crippen LogP contribution in [0, 0.1) is 6.92 Å². The number of hydrogen-bond donors (Lipinski definition) is 2. The van der Waals surface area contributed by atoms with Gasteiger partial charge in [-0.15, -0.1) is 11.8 Å². The molecule has 2 heterocycles. The first-order valence-electron chi connectivity index (χ1n) is 9.50. The third-order valence-electron chi connectivity index (χ3n) is 5.44. The lowest BCUT2D eigenvalue weighted by molar-refractivity contribution is -0.123. The van der Waals surface area contributed by atoms with Crippen molar-refractivity contribution in [2.24, 2.45) is 0 Å². The minimum atomic E-state index is -0.131. The Hall–Kier alpha value is -1.53. The van der Waals surface area contributed by atoms with Gasteiger partial charge >= 0.3 is 0 Å². The number of likely N-dealkylation sites (tertiary alicyclic amines) is 1. The Balaban J connectivity index is 1.54. The summed E-state index contributed by atoms with van der Waals surface area (Å²) in [5, 5.41) is 6.62. The molecule has 1 aromatic carbocycles. The van der Waals surface area contributed by atoms with Crippen molar-refractivity contribution >= 4 is 23.6 Å². The highest BCUT2D eigenvalue weighted by molar-refractivity contribution is 8.01. The Labute approximate surface area is 160 Å². The van der Waals surface area contributed by atoms with Crippen LogP contribution in [0.4, 0.5) is 0 Å². The summed E-state index contributed by atoms with van der Waals surface area (Å²) in [6.07, 6.45) is 2.69. The minimum absolute atomic E-state index is 0.0679. The number of benzene rings is 1. The van der Waals surface area contributed by atoms with Crippen molar-refractivity contribution in [3.63, 3.8) is 0 Å². The number of rotatable bonds is 4. The molecule has 142 valence electrons. The molecular formula is C20H29N3O2S. The second-order valence-corrected chi connectivity index (χ2v) is 8.88. The van der Waals surface area contributed by atoms with Crippen LogP contribution in [-0.4, -0.2) is 52.5 Å². The number of amides is 2. The van der Waals surface area contributed by atoms with Gasteiger partial charge < -0.3 is 10.2 Å². The third-order valence-corrected chi connectivity index (χ3v) is 7.02. The zero-order chi connectivity index (χ0) is 18.7. The van der Waals surface area contributed by atoms with Gasteiger partial charge in [0.2, 0.25) is 5.91 Å². The molecule has 3 rings (SSSR count). The highest BCUT2D eigenvalue weighted by Crippen LogP contribution is 2.39. The molecule has 6 heteroatoms. The summed E-state index contributed by atoms with van der Waals surface area (Å²) in [5.74, 6) is 1.00. The lowest BCUT2D eigenvalue weighted by atomic mass is 10.0. The molecule has 2 saturated heterocycles. The first-order valence-corrected chi connectivity index (χ1v) is 10.5. The first kappa shape index (κ1) is 19.2. The summed E-state index contributed by atoms with van der Waals surface area (Å²) >= 11 is 1.84. The lowest BCUT2D eigenvalue weighted by Crippen LogP contribution is -2.55. The molecular weight excluding hydrogens is 346 g/mol. The zero-order valence-corrected chi connectivity index (χ0v) is 16.7. The van der Waals surface area contributed by atoms with Gasteiger partial charge in [-0.05, 0) is 45.2 Å². The van der Waals surface area contributed by atoms with Gasteiger partial charge in [0.15, 0.2) is 0 Å². The summed E-state index contributed by atoms with van der Waals surface area (Å²) in [6.45, 7) is 7.59. The van der Waals surface area contributed by atoms with E-state index in [1.807, 2.05) is 54.8 Å². The Morgan fingerprint density at radius 2 is 1.96 bits per heavy atom. The van der Waals surface area contributed by atoms with E-state index in [1.54, 1.807) is 0 Å². The average Bonchev–Trinajstić information content (AvgIpc) is 3.06. The first-order chi connectivity index (χ1) is 12.4. The van der Waals surface area contributed by atoms with Gasteiger partial charge in [-0.3, -0.25) is 14.9 Å². The fraction of sp³-hybridized carbons (Fsp3) is 0.600. The molecule has 1 spiro atoms. The van der Waals surface area contributed by atoms with E-state index in [9.17, 15) is 9.59 Å². The second-order valence-electron chi connectivity index (χ2n) is 7.48. The highest BCUT2D eigenvalue weighted by Gasteiger charge is 2.44. The van der Waals surface area contributed by atoms with Gasteiger partial charge in [0.1, 0.15) is 0 Å². The smallest absolute Gasteiger partial charge is 0.253 e. The van der Waals surface area contributed by atoms with E-state index < -0.39 is 0 Å². The van der Waals surface area contributed by atoms with Crippen molar-refractivity contribution in [1.82, 2.24) is 15.5 Å². The van der Waals surface area contributed by atoms with E-state index in [2.05, 4.69) is 17.6 Å². The SMILES string of the molecule is CC[C@@H](C)NC(=O)[C@@H]1CSC2(CCN(C(=O)c3ccc(C)cc3)CC2)N1. The lowest BCUT2D eigenvalue weighted by Gasteiger charge is -2.39. The molecule has 2 atom stereocenters. The predicted molar refractivity (Wildman–Crippen MR) is 106 cm³/mol. The largest absolute Gasteiger partial charge is 0.352 e. The Bertz CT molecular complexity index is 654. The highest BCUT2D eigenvalue weighted by atomic mass is 32.2.